The van der Waals surface area contributed by atoms with Crippen LogP contribution in [0.3, 0.4) is 0 Å². The summed E-state index contributed by atoms with van der Waals surface area (Å²) < 4.78 is 8.48. The van der Waals surface area contributed by atoms with E-state index in [0.717, 1.165) is 5.52 Å². The average Bonchev–Trinajstić information content (AvgIpc) is 3.68. The Morgan fingerprint density at radius 1 is 1.20 bits per heavy atom. The molecule has 2 bridgehead atoms. The molecule has 1 N–H and O–H groups in total. The van der Waals surface area contributed by atoms with Crippen LogP contribution in [0.1, 0.15) is 32.6 Å². The fourth-order valence-electron chi connectivity index (χ4n) is 7.11. The molecular weight excluding hydrogens is 512 g/mol. The minimum Gasteiger partial charge on any atom is -0.396 e. The molecule has 3 fully saturated rings. The van der Waals surface area contributed by atoms with E-state index in [2.05, 4.69) is 23.5 Å². The third kappa shape index (κ3) is 4.14. The van der Waals surface area contributed by atoms with Gasteiger partial charge < -0.3 is 24.5 Å². The van der Waals surface area contributed by atoms with Crippen molar-refractivity contribution >= 4 is 28.8 Å². The second-order valence-electron chi connectivity index (χ2n) is 11.0. The van der Waals surface area contributed by atoms with E-state index in [9.17, 15) is 19.5 Å². The minimum absolute atomic E-state index is 0.105. The zero-order valence-corrected chi connectivity index (χ0v) is 23.2. The van der Waals surface area contributed by atoms with E-state index in [1.54, 1.807) is 33.7 Å². The number of amides is 3. The molecule has 11 nitrogen and oxygen atoms in total. The van der Waals surface area contributed by atoms with Gasteiger partial charge in [-0.1, -0.05) is 36.4 Å². The van der Waals surface area contributed by atoms with Crippen molar-refractivity contribution in [1.82, 2.24) is 29.7 Å². The van der Waals surface area contributed by atoms with Gasteiger partial charge in [0.25, 0.3) is 0 Å². The first-order valence-electron chi connectivity index (χ1n) is 13.9. The van der Waals surface area contributed by atoms with Crippen molar-refractivity contribution in [3.8, 4) is 0 Å². The average molecular weight is 551 g/mol. The predicted octanol–water partition coefficient (Wildman–Crippen LogP) is 1.59. The summed E-state index contributed by atoms with van der Waals surface area (Å²) in [5.74, 6) is -2.23. The number of aliphatic hydroxyl groups is 1. The second-order valence-corrected chi connectivity index (χ2v) is 11.0. The van der Waals surface area contributed by atoms with Crippen LogP contribution in [-0.2, 0) is 25.8 Å². The van der Waals surface area contributed by atoms with Gasteiger partial charge in [-0.05, 0) is 37.8 Å². The van der Waals surface area contributed by atoms with Gasteiger partial charge in [-0.2, -0.15) is 0 Å². The van der Waals surface area contributed by atoms with E-state index in [1.807, 2.05) is 31.2 Å². The Kier molecular flexibility index (Phi) is 7.54. The number of benzene rings is 1. The van der Waals surface area contributed by atoms with Crippen molar-refractivity contribution in [3.63, 3.8) is 0 Å². The van der Waals surface area contributed by atoms with Crippen LogP contribution in [0.2, 0.25) is 0 Å². The maximum Gasteiger partial charge on any atom is 0.250 e. The standard InChI is InChI=1S/C29H38N6O5/c1-5-15-32(4)25(37)22-23-26(38)34(17-10-18-36)24(29(23)14-13-28(22,7-3)40-29)27(39)33(16-6-2)19-35-21-12-9-8-11-20(21)30-31-35/h5-6,8-9,11-12,22-24,36H,1-2,7,10,13-19H2,3-4H3/t22-,23+,24?,28+,29?/m1/s1. The normalized spacial score (nSPS) is 28.6. The Morgan fingerprint density at radius 3 is 2.65 bits per heavy atom. The first-order valence-corrected chi connectivity index (χ1v) is 13.9. The van der Waals surface area contributed by atoms with Crippen molar-refractivity contribution in [2.24, 2.45) is 11.8 Å². The Hall–Kier alpha value is -3.57. The minimum atomic E-state index is -1.14. The Morgan fingerprint density at radius 2 is 1.95 bits per heavy atom. The highest BCUT2D eigenvalue weighted by Gasteiger charge is 2.78. The number of fused-ring (bicyclic) bond motifs is 2. The summed E-state index contributed by atoms with van der Waals surface area (Å²) in [6.45, 7) is 10.3. The molecule has 3 saturated heterocycles. The van der Waals surface area contributed by atoms with Crippen LogP contribution in [0.5, 0.6) is 0 Å². The maximum absolute atomic E-state index is 14.5. The number of ether oxygens (including phenoxy) is 1. The number of nitrogens with zero attached hydrogens (tertiary/aromatic N) is 6. The molecule has 3 aliphatic rings. The molecule has 2 aromatic rings. The third-order valence-electron chi connectivity index (χ3n) is 8.90. The summed E-state index contributed by atoms with van der Waals surface area (Å²) in [5, 5.41) is 18.1. The van der Waals surface area contributed by atoms with Gasteiger partial charge in [0, 0.05) is 33.3 Å². The number of rotatable bonds is 12. The van der Waals surface area contributed by atoms with Crippen LogP contribution >= 0.6 is 0 Å². The van der Waals surface area contributed by atoms with E-state index < -0.39 is 29.1 Å². The summed E-state index contributed by atoms with van der Waals surface area (Å²) in [6.07, 6.45) is 5.22. The number of aliphatic hydroxyl groups excluding tert-OH is 1. The molecule has 1 spiro atoms. The maximum atomic E-state index is 14.5. The van der Waals surface area contributed by atoms with Crippen LogP contribution < -0.4 is 0 Å². The lowest BCUT2D eigenvalue weighted by atomic mass is 9.64. The Balaban J connectivity index is 1.55. The van der Waals surface area contributed by atoms with Gasteiger partial charge in [-0.3, -0.25) is 14.4 Å². The Bertz CT molecular complexity index is 1330. The number of aromatic nitrogens is 3. The molecule has 3 aliphatic heterocycles. The first-order chi connectivity index (χ1) is 19.3. The van der Waals surface area contributed by atoms with Gasteiger partial charge in [0.15, 0.2) is 0 Å². The topological polar surface area (TPSA) is 121 Å². The lowest BCUT2D eigenvalue weighted by Gasteiger charge is -2.36. The molecule has 2 unspecified atom stereocenters. The Labute approximate surface area is 234 Å². The number of para-hydroxylation sites is 1. The fraction of sp³-hybridized carbons (Fsp3) is 0.552. The molecule has 4 heterocycles. The first kappa shape index (κ1) is 28.0. The van der Waals surface area contributed by atoms with E-state index in [4.69, 9.17) is 4.74 Å². The van der Waals surface area contributed by atoms with E-state index in [0.29, 0.717) is 37.7 Å². The van der Waals surface area contributed by atoms with Gasteiger partial charge in [0.2, 0.25) is 17.7 Å². The smallest absolute Gasteiger partial charge is 0.250 e. The largest absolute Gasteiger partial charge is 0.396 e. The second kappa shape index (κ2) is 10.8. The molecule has 0 saturated carbocycles. The third-order valence-corrected chi connectivity index (χ3v) is 8.90. The van der Waals surface area contributed by atoms with Gasteiger partial charge >= 0.3 is 0 Å². The zero-order valence-electron chi connectivity index (χ0n) is 23.2. The highest BCUT2D eigenvalue weighted by atomic mass is 16.5. The summed E-state index contributed by atoms with van der Waals surface area (Å²) >= 11 is 0. The fourth-order valence-corrected chi connectivity index (χ4v) is 7.11. The van der Waals surface area contributed by atoms with E-state index in [-0.39, 0.29) is 44.1 Å². The number of carbonyl (C=O) groups is 3. The van der Waals surface area contributed by atoms with Crippen LogP contribution in [0.25, 0.3) is 11.0 Å². The number of hydrogen-bond acceptors (Lipinski definition) is 7. The molecule has 0 radical (unpaired) electrons. The molecule has 40 heavy (non-hydrogen) atoms. The van der Waals surface area contributed by atoms with E-state index in [1.165, 1.54) is 4.90 Å². The number of carbonyl (C=O) groups excluding carboxylic acids is 3. The monoisotopic (exact) mass is 550 g/mol. The molecule has 11 heteroatoms. The number of hydrogen-bond donors (Lipinski definition) is 1. The van der Waals surface area contributed by atoms with Gasteiger partial charge in [-0.25, -0.2) is 4.68 Å². The van der Waals surface area contributed by atoms with Gasteiger partial charge in [0.05, 0.1) is 23.0 Å². The van der Waals surface area contributed by atoms with Gasteiger partial charge in [-0.15, -0.1) is 18.3 Å². The highest BCUT2D eigenvalue weighted by Crippen LogP contribution is 2.64. The molecule has 3 amide bonds. The summed E-state index contributed by atoms with van der Waals surface area (Å²) in [6, 6.07) is 6.55. The molecule has 1 aromatic heterocycles. The van der Waals surface area contributed by atoms with Crippen molar-refractivity contribution in [2.75, 3.05) is 33.3 Å². The molecular formula is C29H38N6O5. The van der Waals surface area contributed by atoms with Crippen LogP contribution in [-0.4, -0.2) is 103 Å². The lowest BCUT2D eigenvalue weighted by Crippen LogP contribution is -2.56. The molecule has 5 atom stereocenters. The van der Waals surface area contributed by atoms with Crippen LogP contribution in [0.4, 0.5) is 0 Å². The molecule has 5 rings (SSSR count). The van der Waals surface area contributed by atoms with Crippen molar-refractivity contribution in [3.05, 3.63) is 49.6 Å². The lowest BCUT2D eigenvalue weighted by molar-refractivity contribution is -0.155. The molecule has 0 aliphatic carbocycles. The van der Waals surface area contributed by atoms with Gasteiger partial charge in [0.1, 0.15) is 23.8 Å². The van der Waals surface area contributed by atoms with Crippen LogP contribution in [0, 0.1) is 11.8 Å². The highest BCUT2D eigenvalue weighted by molar-refractivity contribution is 5.99. The van der Waals surface area contributed by atoms with Crippen molar-refractivity contribution < 1.29 is 24.2 Å². The summed E-state index contributed by atoms with van der Waals surface area (Å²) in [4.78, 5) is 47.2. The SMILES string of the molecule is C=CCN(C)C(=O)[C@H]1[C@H]2C(=O)N(CCCO)C(C(=O)N(CC=C)Cn3nnc4ccccc43)C23CC[C@]1(CC)O3. The molecule has 1 aromatic carbocycles. The van der Waals surface area contributed by atoms with Crippen molar-refractivity contribution in [2.45, 2.75) is 56.5 Å². The summed E-state index contributed by atoms with van der Waals surface area (Å²) in [5.41, 5.74) is -0.474. The number of likely N-dealkylation sites (N-methyl/N-ethyl adjacent to an activating group) is 1. The van der Waals surface area contributed by atoms with Crippen LogP contribution in [0.15, 0.2) is 49.6 Å². The quantitative estimate of drug-likeness (QED) is 0.399. The number of likely N-dealkylation sites (tertiary alicyclic amines) is 1. The van der Waals surface area contributed by atoms with Crippen molar-refractivity contribution in [1.29, 1.82) is 0 Å². The summed E-state index contributed by atoms with van der Waals surface area (Å²) in [7, 11) is 1.70. The molecule has 214 valence electrons. The predicted molar refractivity (Wildman–Crippen MR) is 148 cm³/mol. The van der Waals surface area contributed by atoms with E-state index >= 15 is 0 Å². The zero-order chi connectivity index (χ0) is 28.7.